The third-order valence-corrected chi connectivity index (χ3v) is 1.82. The summed E-state index contributed by atoms with van der Waals surface area (Å²) in [7, 11) is 1.30. The van der Waals surface area contributed by atoms with Gasteiger partial charge in [0.25, 0.3) is 0 Å². The van der Waals surface area contributed by atoms with Gasteiger partial charge in [0.15, 0.2) is 5.65 Å². The first-order chi connectivity index (χ1) is 6.72. The molecule has 0 bridgehead atoms. The molecule has 0 aromatic carbocycles. The van der Waals surface area contributed by atoms with Crippen LogP contribution in [0.3, 0.4) is 0 Å². The third kappa shape index (κ3) is 1.17. The lowest BCUT2D eigenvalue weighted by Gasteiger charge is -2.02. The molecule has 2 aromatic heterocycles. The number of rotatable bonds is 1. The van der Waals surface area contributed by atoms with Crippen molar-refractivity contribution in [2.24, 2.45) is 0 Å². The molecule has 0 unspecified atom stereocenters. The number of nitrogens with zero attached hydrogens (tertiary/aromatic N) is 3. The number of nitrogens with two attached hydrogens (primary N) is 1. The zero-order valence-corrected chi connectivity index (χ0v) is 7.47. The van der Waals surface area contributed by atoms with E-state index in [2.05, 4.69) is 14.9 Å². The van der Waals surface area contributed by atoms with E-state index >= 15 is 0 Å². The molecule has 2 rings (SSSR count). The number of hydrogen-bond acceptors (Lipinski definition) is 5. The van der Waals surface area contributed by atoms with Crippen LogP contribution in [0.15, 0.2) is 18.6 Å². The number of anilines is 1. The van der Waals surface area contributed by atoms with Crippen molar-refractivity contribution in [1.82, 2.24) is 14.6 Å². The van der Waals surface area contributed by atoms with Crippen LogP contribution in [0.25, 0.3) is 5.65 Å². The van der Waals surface area contributed by atoms with Gasteiger partial charge in [0.1, 0.15) is 11.9 Å². The van der Waals surface area contributed by atoms with Gasteiger partial charge in [0.05, 0.1) is 7.11 Å². The summed E-state index contributed by atoms with van der Waals surface area (Å²) < 4.78 is 6.16. The van der Waals surface area contributed by atoms with Crippen molar-refractivity contribution in [2.75, 3.05) is 12.8 Å². The number of pyridine rings is 1. The Balaban J connectivity index is 2.72. The Labute approximate surface area is 79.3 Å². The number of fused-ring (bicyclic) bond motifs is 1. The summed E-state index contributed by atoms with van der Waals surface area (Å²) in [6.07, 6.45) is 3.10. The fraction of sp³-hybridized carbons (Fsp3) is 0.125. The van der Waals surface area contributed by atoms with E-state index in [1.807, 2.05) is 0 Å². The van der Waals surface area contributed by atoms with E-state index < -0.39 is 5.97 Å². The zero-order valence-electron chi connectivity index (χ0n) is 7.47. The number of aromatic nitrogens is 3. The van der Waals surface area contributed by atoms with Crippen LogP contribution in [0.4, 0.5) is 5.69 Å². The van der Waals surface area contributed by atoms with E-state index in [0.717, 1.165) is 0 Å². The fourth-order valence-corrected chi connectivity index (χ4v) is 1.22. The monoisotopic (exact) mass is 192 g/mol. The fourth-order valence-electron chi connectivity index (χ4n) is 1.22. The molecule has 0 spiro atoms. The maximum Gasteiger partial charge on any atom is 0.341 e. The molecule has 72 valence electrons. The van der Waals surface area contributed by atoms with Gasteiger partial charge in [-0.05, 0) is 6.07 Å². The highest BCUT2D eigenvalue weighted by Gasteiger charge is 2.13. The molecule has 2 N–H and O–H groups in total. The van der Waals surface area contributed by atoms with Crippen LogP contribution >= 0.6 is 0 Å². The summed E-state index contributed by atoms with van der Waals surface area (Å²) in [4.78, 5) is 11.3. The molecule has 14 heavy (non-hydrogen) atoms. The summed E-state index contributed by atoms with van der Waals surface area (Å²) in [6.45, 7) is 0. The molecule has 0 saturated carbocycles. The number of nitrogen functional groups attached to an aromatic ring is 1. The van der Waals surface area contributed by atoms with Gasteiger partial charge < -0.3 is 10.5 Å². The molecule has 0 aliphatic carbocycles. The molecule has 0 aliphatic heterocycles. The van der Waals surface area contributed by atoms with Crippen molar-refractivity contribution < 1.29 is 9.53 Å². The van der Waals surface area contributed by atoms with Crippen molar-refractivity contribution >= 4 is 17.3 Å². The first-order valence-corrected chi connectivity index (χ1v) is 3.89. The predicted molar refractivity (Wildman–Crippen MR) is 48.7 cm³/mol. The quantitative estimate of drug-likeness (QED) is 0.648. The van der Waals surface area contributed by atoms with Gasteiger partial charge >= 0.3 is 5.97 Å². The Morgan fingerprint density at radius 3 is 3.14 bits per heavy atom. The molecule has 0 amide bonds. The average Bonchev–Trinajstić information content (AvgIpc) is 2.62. The Morgan fingerprint density at radius 2 is 2.43 bits per heavy atom. The molecule has 6 heteroatoms. The van der Waals surface area contributed by atoms with Gasteiger partial charge in [-0.25, -0.2) is 4.79 Å². The van der Waals surface area contributed by atoms with Gasteiger partial charge in [-0.2, -0.15) is 0 Å². The number of esters is 1. The Kier molecular flexibility index (Phi) is 1.81. The molecule has 0 saturated heterocycles. The van der Waals surface area contributed by atoms with Crippen LogP contribution < -0.4 is 5.73 Å². The summed E-state index contributed by atoms with van der Waals surface area (Å²) in [5.41, 5.74) is 6.79. The lowest BCUT2D eigenvalue weighted by atomic mass is 10.2. The van der Waals surface area contributed by atoms with Crippen molar-refractivity contribution in [3.63, 3.8) is 0 Å². The second-order valence-electron chi connectivity index (χ2n) is 2.74. The number of hydrogen-bond donors (Lipinski definition) is 1. The van der Waals surface area contributed by atoms with Crippen molar-refractivity contribution in [3.8, 4) is 0 Å². The van der Waals surface area contributed by atoms with Gasteiger partial charge in [-0.15, -0.1) is 10.2 Å². The van der Waals surface area contributed by atoms with Crippen LogP contribution in [0.2, 0.25) is 0 Å². The number of methoxy groups -OCH3 is 1. The SMILES string of the molecule is COC(=O)c1cc(N)cn2cnnc12. The highest BCUT2D eigenvalue weighted by Crippen LogP contribution is 2.13. The number of ether oxygens (including phenoxy) is 1. The number of carbonyl (C=O) groups excluding carboxylic acids is 1. The van der Waals surface area contributed by atoms with E-state index in [0.29, 0.717) is 16.9 Å². The van der Waals surface area contributed by atoms with E-state index in [4.69, 9.17) is 5.73 Å². The van der Waals surface area contributed by atoms with E-state index in [-0.39, 0.29) is 0 Å². The highest BCUT2D eigenvalue weighted by molar-refractivity contribution is 5.96. The average molecular weight is 192 g/mol. The molecular formula is C8H8N4O2. The van der Waals surface area contributed by atoms with E-state index in [1.165, 1.54) is 19.5 Å². The Morgan fingerprint density at radius 1 is 1.64 bits per heavy atom. The van der Waals surface area contributed by atoms with Gasteiger partial charge in [-0.3, -0.25) is 4.40 Å². The maximum absolute atomic E-state index is 11.3. The minimum atomic E-state index is -0.477. The minimum Gasteiger partial charge on any atom is -0.465 e. The summed E-state index contributed by atoms with van der Waals surface area (Å²) >= 11 is 0. The lowest BCUT2D eigenvalue weighted by Crippen LogP contribution is -2.05. The second-order valence-corrected chi connectivity index (χ2v) is 2.74. The number of carbonyl (C=O) groups is 1. The van der Waals surface area contributed by atoms with Gasteiger partial charge in [-0.1, -0.05) is 0 Å². The molecular weight excluding hydrogens is 184 g/mol. The molecule has 0 radical (unpaired) electrons. The smallest absolute Gasteiger partial charge is 0.341 e. The summed E-state index contributed by atoms with van der Waals surface area (Å²) in [6, 6.07) is 1.51. The largest absolute Gasteiger partial charge is 0.465 e. The molecule has 0 aliphatic rings. The summed E-state index contributed by atoms with van der Waals surface area (Å²) in [5.74, 6) is -0.477. The van der Waals surface area contributed by atoms with Gasteiger partial charge in [0, 0.05) is 11.9 Å². The normalized spacial score (nSPS) is 10.4. The first kappa shape index (κ1) is 8.49. The van der Waals surface area contributed by atoms with Crippen LogP contribution in [0.1, 0.15) is 10.4 Å². The molecule has 2 heterocycles. The van der Waals surface area contributed by atoms with E-state index in [9.17, 15) is 4.79 Å². The molecule has 6 nitrogen and oxygen atoms in total. The Hall–Kier alpha value is -2.11. The zero-order chi connectivity index (χ0) is 10.1. The first-order valence-electron chi connectivity index (χ1n) is 3.89. The second kappa shape index (κ2) is 2.99. The van der Waals surface area contributed by atoms with Crippen molar-refractivity contribution in [2.45, 2.75) is 0 Å². The predicted octanol–water partition coefficient (Wildman–Crippen LogP) is 0.0981. The Bertz CT molecular complexity index is 491. The maximum atomic E-state index is 11.3. The van der Waals surface area contributed by atoms with Gasteiger partial charge in [0.2, 0.25) is 0 Å². The van der Waals surface area contributed by atoms with Crippen molar-refractivity contribution in [3.05, 3.63) is 24.2 Å². The summed E-state index contributed by atoms with van der Waals surface area (Å²) in [5, 5.41) is 7.45. The minimum absolute atomic E-state index is 0.310. The van der Waals surface area contributed by atoms with Crippen LogP contribution in [0, 0.1) is 0 Å². The van der Waals surface area contributed by atoms with Crippen LogP contribution in [-0.2, 0) is 4.74 Å². The molecule has 0 fully saturated rings. The molecule has 0 atom stereocenters. The van der Waals surface area contributed by atoms with Crippen LogP contribution in [-0.4, -0.2) is 27.7 Å². The molecule has 2 aromatic rings. The van der Waals surface area contributed by atoms with Crippen molar-refractivity contribution in [1.29, 1.82) is 0 Å². The highest BCUT2D eigenvalue weighted by atomic mass is 16.5. The topological polar surface area (TPSA) is 82.5 Å². The van der Waals surface area contributed by atoms with E-state index in [1.54, 1.807) is 10.6 Å². The standard InChI is InChI=1S/C8H8N4O2/c1-14-8(13)6-2-5(9)3-12-4-10-11-7(6)12/h2-4H,9H2,1H3. The third-order valence-electron chi connectivity index (χ3n) is 1.82. The van der Waals surface area contributed by atoms with Crippen LogP contribution in [0.5, 0.6) is 0 Å². The lowest BCUT2D eigenvalue weighted by molar-refractivity contribution is 0.0602.